The number of nitriles is 1. The van der Waals surface area contributed by atoms with Gasteiger partial charge in [-0.2, -0.15) is 10.4 Å². The van der Waals surface area contributed by atoms with Gasteiger partial charge in [0.05, 0.1) is 33.8 Å². The number of halogens is 2. The summed E-state index contributed by atoms with van der Waals surface area (Å²) in [6.45, 7) is 6.05. The van der Waals surface area contributed by atoms with Crippen molar-refractivity contribution in [3.8, 4) is 23.3 Å². The van der Waals surface area contributed by atoms with Crippen LogP contribution in [0.3, 0.4) is 0 Å². The van der Waals surface area contributed by atoms with Gasteiger partial charge in [-0.05, 0) is 42.5 Å². The van der Waals surface area contributed by atoms with Gasteiger partial charge in [0, 0.05) is 29.1 Å². The van der Waals surface area contributed by atoms with Crippen LogP contribution < -0.4 is 15.4 Å². The molecule has 0 radical (unpaired) electrons. The van der Waals surface area contributed by atoms with E-state index in [1.54, 1.807) is 16.9 Å². The second kappa shape index (κ2) is 10.6. The van der Waals surface area contributed by atoms with Crippen molar-refractivity contribution in [2.24, 2.45) is 0 Å². The maximum atomic E-state index is 14.8. The van der Waals surface area contributed by atoms with E-state index >= 15 is 0 Å². The highest BCUT2D eigenvalue weighted by Crippen LogP contribution is 2.34. The van der Waals surface area contributed by atoms with E-state index < -0.39 is 11.8 Å². The van der Waals surface area contributed by atoms with Gasteiger partial charge in [-0.25, -0.2) is 18.9 Å². The highest BCUT2D eigenvalue weighted by Gasteiger charge is 2.22. The molecule has 0 aliphatic carbocycles. The van der Waals surface area contributed by atoms with Crippen molar-refractivity contribution in [3.63, 3.8) is 0 Å². The van der Waals surface area contributed by atoms with Gasteiger partial charge in [0.2, 0.25) is 0 Å². The maximum Gasteiger partial charge on any atom is 0.324 e. The number of ether oxygens (including phenoxy) is 1. The Bertz CT molecular complexity index is 1770. The molecule has 3 heterocycles. The molecule has 9 nitrogen and oxygen atoms in total. The molecule has 0 aliphatic heterocycles. The summed E-state index contributed by atoms with van der Waals surface area (Å²) in [4.78, 5) is 21.3. The van der Waals surface area contributed by atoms with E-state index in [9.17, 15) is 9.18 Å². The highest BCUT2D eigenvalue weighted by molar-refractivity contribution is 6.32. The molecule has 40 heavy (non-hydrogen) atoms. The fraction of sp³-hybridized carbons (Fsp3) is 0.138. The number of fused-ring (bicyclic) bond motifs is 1. The lowest BCUT2D eigenvalue weighted by Crippen LogP contribution is -2.22. The highest BCUT2D eigenvalue weighted by atomic mass is 35.5. The molecule has 2 amide bonds. The van der Waals surface area contributed by atoms with Gasteiger partial charge in [-0.1, -0.05) is 38.4 Å². The van der Waals surface area contributed by atoms with E-state index in [1.165, 1.54) is 24.4 Å². The number of pyridine rings is 2. The minimum atomic E-state index is -0.753. The molecule has 3 aromatic heterocycles. The fourth-order valence-electron chi connectivity index (χ4n) is 3.84. The van der Waals surface area contributed by atoms with Crippen LogP contribution in [0.4, 0.5) is 20.7 Å². The first-order chi connectivity index (χ1) is 19.1. The van der Waals surface area contributed by atoms with Crippen LogP contribution in [0.1, 0.15) is 32.2 Å². The number of urea groups is 1. The molecule has 200 valence electrons. The smallest absolute Gasteiger partial charge is 0.324 e. The third-order valence-corrected chi connectivity index (χ3v) is 6.19. The molecule has 0 fully saturated rings. The van der Waals surface area contributed by atoms with Crippen molar-refractivity contribution in [1.82, 2.24) is 19.7 Å². The van der Waals surface area contributed by atoms with Crippen molar-refractivity contribution in [3.05, 3.63) is 95.3 Å². The van der Waals surface area contributed by atoms with E-state index in [0.29, 0.717) is 5.82 Å². The molecule has 5 aromatic rings. The van der Waals surface area contributed by atoms with Crippen molar-refractivity contribution in [2.45, 2.75) is 26.2 Å². The molecule has 5 rings (SSSR count). The number of hydrogen-bond donors (Lipinski definition) is 2. The Kier molecular flexibility index (Phi) is 7.07. The summed E-state index contributed by atoms with van der Waals surface area (Å²) in [6, 6.07) is 17.7. The fourth-order valence-corrected chi connectivity index (χ4v) is 4.02. The van der Waals surface area contributed by atoms with Crippen LogP contribution in [0, 0.1) is 17.1 Å². The Morgan fingerprint density at radius 1 is 1.07 bits per heavy atom. The van der Waals surface area contributed by atoms with Crippen LogP contribution in [0.2, 0.25) is 5.02 Å². The Balaban J connectivity index is 1.41. The Hall–Kier alpha value is -5.01. The Morgan fingerprint density at radius 2 is 1.90 bits per heavy atom. The second-order valence-corrected chi connectivity index (χ2v) is 10.3. The normalized spacial score (nSPS) is 11.2. The van der Waals surface area contributed by atoms with E-state index in [0.717, 1.165) is 28.4 Å². The molecular formula is C29H23ClFN7O2. The number of benzene rings is 2. The van der Waals surface area contributed by atoms with Gasteiger partial charge in [-0.15, -0.1) is 0 Å². The molecule has 2 aromatic carbocycles. The molecule has 0 saturated carbocycles. The van der Waals surface area contributed by atoms with E-state index in [-0.39, 0.29) is 33.3 Å². The van der Waals surface area contributed by atoms with Crippen LogP contribution in [0.5, 0.6) is 11.5 Å². The Labute approximate surface area is 234 Å². The average molecular weight is 556 g/mol. The second-order valence-electron chi connectivity index (χ2n) is 9.89. The monoisotopic (exact) mass is 555 g/mol. The lowest BCUT2D eigenvalue weighted by atomic mass is 9.92. The molecule has 0 bridgehead atoms. The minimum absolute atomic E-state index is 0.00786. The molecule has 0 aliphatic rings. The third-order valence-electron chi connectivity index (χ3n) is 5.90. The quantitative estimate of drug-likeness (QED) is 0.236. The van der Waals surface area contributed by atoms with Crippen LogP contribution in [-0.2, 0) is 5.41 Å². The average Bonchev–Trinajstić information content (AvgIpc) is 3.36. The van der Waals surface area contributed by atoms with Crippen LogP contribution >= 0.6 is 11.6 Å². The topological polar surface area (TPSA) is 118 Å². The number of nitrogens with one attached hydrogen (secondary N) is 2. The van der Waals surface area contributed by atoms with Gasteiger partial charge in [0.25, 0.3) is 0 Å². The number of hydrogen-bond acceptors (Lipinski definition) is 6. The third kappa shape index (κ3) is 5.70. The number of amides is 2. The summed E-state index contributed by atoms with van der Waals surface area (Å²) >= 11 is 6.17. The number of rotatable bonds is 5. The summed E-state index contributed by atoms with van der Waals surface area (Å²) in [6.07, 6.45) is 3.06. The number of anilines is 2. The summed E-state index contributed by atoms with van der Waals surface area (Å²) in [5, 5.41) is 19.8. The zero-order valence-corrected chi connectivity index (χ0v) is 22.5. The van der Waals surface area contributed by atoms with Crippen molar-refractivity contribution in [2.75, 3.05) is 10.6 Å². The first kappa shape index (κ1) is 26.6. The van der Waals surface area contributed by atoms with Crippen LogP contribution in [0.25, 0.3) is 16.6 Å². The summed E-state index contributed by atoms with van der Waals surface area (Å²) in [5.74, 6) is 0.0124. The number of carbonyl (C=O) groups is 1. The maximum absolute atomic E-state index is 14.8. The van der Waals surface area contributed by atoms with Gasteiger partial charge >= 0.3 is 6.03 Å². The molecular weight excluding hydrogens is 533 g/mol. The lowest BCUT2D eigenvalue weighted by Gasteiger charge is -2.14. The van der Waals surface area contributed by atoms with E-state index in [1.807, 2.05) is 57.2 Å². The largest absolute Gasteiger partial charge is 0.454 e. The first-order valence-electron chi connectivity index (χ1n) is 12.2. The van der Waals surface area contributed by atoms with Crippen LogP contribution in [0.15, 0.2) is 73.1 Å². The molecule has 0 saturated heterocycles. The summed E-state index contributed by atoms with van der Waals surface area (Å²) in [5.41, 5.74) is 2.05. The number of nitrogens with zero attached hydrogens (tertiary/aromatic N) is 5. The van der Waals surface area contributed by atoms with E-state index in [4.69, 9.17) is 26.7 Å². The van der Waals surface area contributed by atoms with Gasteiger partial charge in [0.1, 0.15) is 34.9 Å². The number of aromatic nitrogens is 4. The van der Waals surface area contributed by atoms with Crippen LogP contribution in [-0.4, -0.2) is 25.8 Å². The summed E-state index contributed by atoms with van der Waals surface area (Å²) in [7, 11) is 0. The number of carbonyl (C=O) groups excluding carboxylic acids is 1. The zero-order chi connectivity index (χ0) is 28.4. The van der Waals surface area contributed by atoms with E-state index in [2.05, 4.69) is 20.6 Å². The van der Waals surface area contributed by atoms with Gasteiger partial charge in [-0.3, -0.25) is 10.3 Å². The van der Waals surface area contributed by atoms with Crippen molar-refractivity contribution >= 4 is 40.0 Å². The standard InChI is InChI=1S/C29H23ClFN7O2/c1-29(2,3)26-14-27(38(37-26)19-7-9-23-17(11-19)5-4-10-33-23)36-28(39)35-24-13-25(21(30)12-22(24)31)40-20-8-6-18(15-32)34-16-20/h4-14,16H,1-3H3,(H2,35,36,39). The van der Waals surface area contributed by atoms with Gasteiger partial charge in [0.15, 0.2) is 0 Å². The lowest BCUT2D eigenvalue weighted by molar-refractivity contribution is 0.262. The molecule has 11 heteroatoms. The van der Waals surface area contributed by atoms with Gasteiger partial charge < -0.3 is 10.1 Å². The molecule has 0 spiro atoms. The minimum Gasteiger partial charge on any atom is -0.454 e. The Morgan fingerprint density at radius 3 is 2.62 bits per heavy atom. The zero-order valence-electron chi connectivity index (χ0n) is 21.7. The molecule has 2 N–H and O–H groups in total. The van der Waals surface area contributed by atoms with Crippen molar-refractivity contribution in [1.29, 1.82) is 5.26 Å². The predicted molar refractivity (Wildman–Crippen MR) is 151 cm³/mol. The SMILES string of the molecule is CC(C)(C)c1cc(NC(=O)Nc2cc(Oc3ccc(C#N)nc3)c(Cl)cc2F)n(-c2ccc3ncccc3c2)n1. The molecule has 0 unspecified atom stereocenters. The summed E-state index contributed by atoms with van der Waals surface area (Å²) < 4.78 is 22.1. The van der Waals surface area contributed by atoms with Crippen molar-refractivity contribution < 1.29 is 13.9 Å². The first-order valence-corrected chi connectivity index (χ1v) is 12.6. The molecule has 0 atom stereocenters. The predicted octanol–water partition coefficient (Wildman–Crippen LogP) is 7.21.